The first kappa shape index (κ1) is 17.6. The van der Waals surface area contributed by atoms with Gasteiger partial charge in [-0.15, -0.1) is 5.10 Å². The fourth-order valence-electron chi connectivity index (χ4n) is 3.74. The van der Waals surface area contributed by atoms with Gasteiger partial charge in [0.25, 0.3) is 11.8 Å². The van der Waals surface area contributed by atoms with E-state index in [2.05, 4.69) is 15.4 Å². The molecule has 2 atom stereocenters. The van der Waals surface area contributed by atoms with Gasteiger partial charge < -0.3 is 9.80 Å². The van der Waals surface area contributed by atoms with E-state index in [4.69, 9.17) is 0 Å². The van der Waals surface area contributed by atoms with Crippen LogP contribution in [0.2, 0.25) is 0 Å². The van der Waals surface area contributed by atoms with Gasteiger partial charge in [0.15, 0.2) is 5.69 Å². The average Bonchev–Trinajstić information content (AvgIpc) is 3.41. The van der Waals surface area contributed by atoms with E-state index in [9.17, 15) is 14.0 Å². The Balaban J connectivity index is 1.46. The monoisotopic (exact) mass is 375 g/mol. The Labute approximate surface area is 155 Å². The van der Waals surface area contributed by atoms with Crippen molar-refractivity contribution < 1.29 is 14.0 Å². The molecule has 4 heterocycles. The normalized spacial score (nSPS) is 22.6. The largest absolute Gasteiger partial charge is 0.337 e. The van der Waals surface area contributed by atoms with Crippen LogP contribution in [-0.4, -0.2) is 78.2 Å². The smallest absolute Gasteiger partial charge is 0.276 e. The lowest BCUT2D eigenvalue weighted by Crippen LogP contribution is -2.38. The maximum absolute atomic E-state index is 14.0. The number of nitrogens with zero attached hydrogens (tertiary/aromatic N) is 7. The third-order valence-electron chi connectivity index (χ3n) is 5.11. The van der Waals surface area contributed by atoms with Crippen LogP contribution in [0.4, 0.5) is 4.39 Å². The molecule has 2 saturated heterocycles. The number of aryl methyl sites for hydroxylation is 1. The van der Waals surface area contributed by atoms with E-state index in [-0.39, 0.29) is 36.5 Å². The molecule has 0 radical (unpaired) electrons. The highest BCUT2D eigenvalue weighted by Gasteiger charge is 2.37. The maximum atomic E-state index is 14.0. The Morgan fingerprint density at radius 1 is 1.22 bits per heavy atom. The molecule has 0 bridgehead atoms. The van der Waals surface area contributed by atoms with Crippen LogP contribution in [0.5, 0.6) is 0 Å². The molecule has 144 valence electrons. The van der Waals surface area contributed by atoms with Crippen molar-refractivity contribution in [2.75, 3.05) is 19.6 Å². The van der Waals surface area contributed by atoms with Crippen molar-refractivity contribution in [3.05, 3.63) is 29.8 Å². The Morgan fingerprint density at radius 2 is 2.00 bits per heavy atom. The first-order valence-corrected chi connectivity index (χ1v) is 9.15. The van der Waals surface area contributed by atoms with E-state index in [0.717, 1.165) is 25.9 Å². The second-order valence-electron chi connectivity index (χ2n) is 7.14. The molecule has 0 saturated carbocycles. The molecule has 0 aliphatic carbocycles. The summed E-state index contributed by atoms with van der Waals surface area (Å²) in [5.41, 5.74) is 0.578. The molecule has 2 amide bonds. The zero-order chi connectivity index (χ0) is 19.0. The minimum absolute atomic E-state index is 0.0360. The summed E-state index contributed by atoms with van der Waals surface area (Å²) in [4.78, 5) is 28.3. The van der Waals surface area contributed by atoms with Crippen LogP contribution in [0.3, 0.4) is 0 Å². The number of carbonyl (C=O) groups is 2. The van der Waals surface area contributed by atoms with Gasteiger partial charge in [-0.1, -0.05) is 5.21 Å². The van der Waals surface area contributed by atoms with Crippen LogP contribution in [-0.2, 0) is 13.6 Å². The molecule has 2 fully saturated rings. The van der Waals surface area contributed by atoms with Crippen molar-refractivity contribution in [3.63, 3.8) is 0 Å². The van der Waals surface area contributed by atoms with E-state index in [1.807, 2.05) is 0 Å². The Bertz CT molecular complexity index is 842. The van der Waals surface area contributed by atoms with Crippen LogP contribution in [0.15, 0.2) is 18.5 Å². The number of hydrogen-bond donors (Lipinski definition) is 0. The zero-order valence-electron chi connectivity index (χ0n) is 15.2. The third-order valence-corrected chi connectivity index (χ3v) is 5.11. The van der Waals surface area contributed by atoms with Crippen LogP contribution < -0.4 is 0 Å². The quantitative estimate of drug-likeness (QED) is 0.776. The van der Waals surface area contributed by atoms with E-state index in [1.54, 1.807) is 35.1 Å². The molecule has 0 unspecified atom stereocenters. The first-order chi connectivity index (χ1) is 13.0. The molecule has 2 aromatic rings. The molecule has 0 N–H and O–H groups in total. The van der Waals surface area contributed by atoms with Crippen LogP contribution >= 0.6 is 0 Å². The minimum atomic E-state index is -1.09. The number of alkyl halides is 1. The molecule has 0 aromatic carbocycles. The predicted molar refractivity (Wildman–Crippen MR) is 92.7 cm³/mol. The standard InChI is InChI=1S/C17H22FN7O2/c1-22-7-4-14(20-22)17(27)25-9-12(18)8-13(25)10-24-11-15(19-21-24)16(26)23-5-2-3-6-23/h4,7,11-13H,2-3,5-6,8-10H2,1H3/t12-,13-/m0/s1. The van der Waals surface area contributed by atoms with Gasteiger partial charge in [0.1, 0.15) is 11.9 Å². The van der Waals surface area contributed by atoms with Gasteiger partial charge in [0.05, 0.1) is 25.3 Å². The maximum Gasteiger partial charge on any atom is 0.276 e. The second kappa shape index (κ2) is 7.09. The molecule has 10 heteroatoms. The van der Waals surface area contributed by atoms with Crippen LogP contribution in [0, 0.1) is 0 Å². The summed E-state index contributed by atoms with van der Waals surface area (Å²) in [6.07, 6.45) is 4.41. The summed E-state index contributed by atoms with van der Waals surface area (Å²) in [5.74, 6) is -0.427. The molecular weight excluding hydrogens is 353 g/mol. The van der Waals surface area contributed by atoms with Crippen LogP contribution in [0.25, 0.3) is 0 Å². The number of likely N-dealkylation sites (tertiary alicyclic amines) is 2. The van der Waals surface area contributed by atoms with E-state index in [0.29, 0.717) is 12.2 Å². The third kappa shape index (κ3) is 3.56. The Morgan fingerprint density at radius 3 is 2.70 bits per heavy atom. The van der Waals surface area contributed by atoms with Crippen molar-refractivity contribution in [3.8, 4) is 0 Å². The van der Waals surface area contributed by atoms with E-state index in [1.165, 1.54) is 9.58 Å². The van der Waals surface area contributed by atoms with E-state index < -0.39 is 6.17 Å². The molecule has 4 rings (SSSR count). The predicted octanol–water partition coefficient (Wildman–Crippen LogP) is 0.500. The lowest BCUT2D eigenvalue weighted by molar-refractivity contribution is 0.0706. The summed E-state index contributed by atoms with van der Waals surface area (Å²) >= 11 is 0. The van der Waals surface area contributed by atoms with Crippen molar-refractivity contribution in [1.82, 2.24) is 34.6 Å². The van der Waals surface area contributed by atoms with Gasteiger partial charge in [-0.05, 0) is 18.9 Å². The fourth-order valence-corrected chi connectivity index (χ4v) is 3.74. The summed E-state index contributed by atoms with van der Waals surface area (Å²) in [7, 11) is 1.73. The van der Waals surface area contributed by atoms with Gasteiger partial charge in [-0.2, -0.15) is 5.10 Å². The highest BCUT2D eigenvalue weighted by molar-refractivity contribution is 5.93. The molecule has 2 aliphatic heterocycles. The highest BCUT2D eigenvalue weighted by Crippen LogP contribution is 2.23. The minimum Gasteiger partial charge on any atom is -0.337 e. The molecule has 2 aromatic heterocycles. The van der Waals surface area contributed by atoms with E-state index >= 15 is 0 Å². The average molecular weight is 375 g/mol. The number of carbonyl (C=O) groups excluding carboxylic acids is 2. The highest BCUT2D eigenvalue weighted by atomic mass is 19.1. The van der Waals surface area contributed by atoms with Gasteiger partial charge in [0.2, 0.25) is 0 Å². The lowest BCUT2D eigenvalue weighted by atomic mass is 10.2. The topological polar surface area (TPSA) is 89.2 Å². The molecule has 27 heavy (non-hydrogen) atoms. The van der Waals surface area contributed by atoms with Crippen LogP contribution in [0.1, 0.15) is 40.2 Å². The number of aromatic nitrogens is 5. The summed E-state index contributed by atoms with van der Waals surface area (Å²) in [6.45, 7) is 1.81. The summed E-state index contributed by atoms with van der Waals surface area (Å²) in [5, 5.41) is 12.1. The number of amides is 2. The van der Waals surface area contributed by atoms with Gasteiger partial charge >= 0.3 is 0 Å². The van der Waals surface area contributed by atoms with Crippen molar-refractivity contribution in [1.29, 1.82) is 0 Å². The molecule has 9 nitrogen and oxygen atoms in total. The fraction of sp³-hybridized carbons (Fsp3) is 0.588. The van der Waals surface area contributed by atoms with Gasteiger partial charge in [0, 0.05) is 32.8 Å². The lowest BCUT2D eigenvalue weighted by Gasteiger charge is -2.23. The van der Waals surface area contributed by atoms with Gasteiger partial charge in [-0.25, -0.2) is 9.07 Å². The Hall–Kier alpha value is -2.78. The van der Waals surface area contributed by atoms with Crippen molar-refractivity contribution >= 4 is 11.8 Å². The number of hydrogen-bond acceptors (Lipinski definition) is 5. The molecular formula is C17H22FN7O2. The Kier molecular flexibility index (Phi) is 4.63. The SMILES string of the molecule is Cn1ccc(C(=O)N2C[C@@H](F)C[C@H]2Cn2cc(C(=O)N3CCCC3)nn2)n1. The van der Waals surface area contributed by atoms with Crippen molar-refractivity contribution in [2.24, 2.45) is 7.05 Å². The summed E-state index contributed by atoms with van der Waals surface area (Å²) in [6, 6.07) is 1.26. The molecule has 2 aliphatic rings. The second-order valence-corrected chi connectivity index (χ2v) is 7.14. The number of halogens is 1. The number of rotatable bonds is 4. The van der Waals surface area contributed by atoms with Crippen molar-refractivity contribution in [2.45, 2.75) is 38.0 Å². The van der Waals surface area contributed by atoms with Gasteiger partial charge in [-0.3, -0.25) is 14.3 Å². The first-order valence-electron chi connectivity index (χ1n) is 9.15. The summed E-state index contributed by atoms with van der Waals surface area (Å²) < 4.78 is 17.1. The zero-order valence-corrected chi connectivity index (χ0v) is 15.2. The molecule has 0 spiro atoms.